The van der Waals surface area contributed by atoms with Gasteiger partial charge in [0.25, 0.3) is 5.91 Å². The second-order valence-corrected chi connectivity index (χ2v) is 5.60. The van der Waals surface area contributed by atoms with Crippen molar-refractivity contribution < 1.29 is 9.72 Å². The van der Waals surface area contributed by atoms with Gasteiger partial charge in [0, 0.05) is 20.1 Å². The molecule has 1 aromatic carbocycles. The van der Waals surface area contributed by atoms with Crippen LogP contribution >= 0.6 is 0 Å². The Labute approximate surface area is 125 Å². The molecule has 21 heavy (non-hydrogen) atoms. The molecule has 0 aromatic heterocycles. The Bertz CT molecular complexity index is 529. The maximum absolute atomic E-state index is 12.6. The lowest BCUT2D eigenvalue weighted by Gasteiger charge is -2.26. The first-order valence-electron chi connectivity index (χ1n) is 7.01. The number of para-hydroxylation sites is 1. The molecule has 116 valence electrons. The number of carbonyl (C=O) groups is 1. The van der Waals surface area contributed by atoms with Gasteiger partial charge in [0.15, 0.2) is 0 Å². The van der Waals surface area contributed by atoms with Crippen molar-refractivity contribution in [3.63, 3.8) is 0 Å². The molecular formula is C15H23N3O3. The summed E-state index contributed by atoms with van der Waals surface area (Å²) in [6.07, 6.45) is 0.849. The summed E-state index contributed by atoms with van der Waals surface area (Å²) in [7, 11) is 3.28. The van der Waals surface area contributed by atoms with Crippen LogP contribution in [-0.2, 0) is 0 Å². The van der Waals surface area contributed by atoms with Crippen LogP contribution in [0.3, 0.4) is 0 Å². The van der Waals surface area contributed by atoms with Crippen molar-refractivity contribution in [3.8, 4) is 0 Å². The van der Waals surface area contributed by atoms with Gasteiger partial charge in [-0.1, -0.05) is 19.9 Å². The summed E-state index contributed by atoms with van der Waals surface area (Å²) >= 11 is 0. The highest BCUT2D eigenvalue weighted by Gasteiger charge is 2.28. The number of carbonyl (C=O) groups excluding carboxylic acids is 1. The monoisotopic (exact) mass is 293 g/mol. The van der Waals surface area contributed by atoms with Crippen molar-refractivity contribution in [2.24, 2.45) is 5.92 Å². The number of nitrogens with one attached hydrogen (secondary N) is 1. The van der Waals surface area contributed by atoms with E-state index in [-0.39, 0.29) is 23.2 Å². The molecule has 1 unspecified atom stereocenters. The predicted molar refractivity (Wildman–Crippen MR) is 83.7 cm³/mol. The van der Waals surface area contributed by atoms with E-state index in [4.69, 9.17) is 0 Å². The molecule has 0 aliphatic carbocycles. The molecule has 0 aliphatic heterocycles. The summed E-state index contributed by atoms with van der Waals surface area (Å²) in [5.41, 5.74) is 0.286. The number of hydrogen-bond acceptors (Lipinski definition) is 4. The fourth-order valence-corrected chi connectivity index (χ4v) is 2.35. The molecule has 1 rings (SSSR count). The highest BCUT2D eigenvalue weighted by Crippen LogP contribution is 2.29. The first-order chi connectivity index (χ1) is 9.79. The second-order valence-electron chi connectivity index (χ2n) is 5.60. The Morgan fingerprint density at radius 2 is 2.00 bits per heavy atom. The number of rotatable bonds is 6. The summed E-state index contributed by atoms with van der Waals surface area (Å²) in [5.74, 6) is 0.126. The molecule has 6 nitrogen and oxygen atoms in total. The fraction of sp³-hybridized carbons (Fsp3) is 0.533. The van der Waals surface area contributed by atoms with Gasteiger partial charge in [-0.15, -0.1) is 0 Å². The summed E-state index contributed by atoms with van der Waals surface area (Å²) < 4.78 is 0. The highest BCUT2D eigenvalue weighted by atomic mass is 16.6. The summed E-state index contributed by atoms with van der Waals surface area (Å²) in [6.45, 7) is 6.11. The molecule has 1 aromatic rings. The number of nitro groups is 1. The van der Waals surface area contributed by atoms with Gasteiger partial charge in [-0.3, -0.25) is 14.9 Å². The van der Waals surface area contributed by atoms with E-state index in [0.29, 0.717) is 11.6 Å². The Morgan fingerprint density at radius 1 is 1.38 bits per heavy atom. The minimum Gasteiger partial charge on any atom is -0.383 e. The van der Waals surface area contributed by atoms with Gasteiger partial charge in [0.2, 0.25) is 0 Å². The van der Waals surface area contributed by atoms with E-state index in [1.807, 2.05) is 6.92 Å². The van der Waals surface area contributed by atoms with Crippen LogP contribution in [0.5, 0.6) is 0 Å². The minimum absolute atomic E-state index is 0.0235. The molecule has 0 radical (unpaired) electrons. The number of nitro benzene ring substituents is 1. The Hall–Kier alpha value is -2.11. The second kappa shape index (κ2) is 7.06. The van der Waals surface area contributed by atoms with E-state index in [0.717, 1.165) is 6.42 Å². The van der Waals surface area contributed by atoms with Crippen LogP contribution in [0.25, 0.3) is 0 Å². The third-order valence-corrected chi connectivity index (χ3v) is 3.51. The molecular weight excluding hydrogens is 270 g/mol. The fourth-order valence-electron chi connectivity index (χ4n) is 2.35. The van der Waals surface area contributed by atoms with Crippen molar-refractivity contribution in [3.05, 3.63) is 33.9 Å². The first-order valence-corrected chi connectivity index (χ1v) is 7.01. The summed E-state index contributed by atoms with van der Waals surface area (Å²) in [4.78, 5) is 24.9. The lowest BCUT2D eigenvalue weighted by molar-refractivity contribution is -0.384. The van der Waals surface area contributed by atoms with E-state index < -0.39 is 4.92 Å². The first kappa shape index (κ1) is 16.9. The van der Waals surface area contributed by atoms with Gasteiger partial charge in [-0.2, -0.15) is 0 Å². The van der Waals surface area contributed by atoms with Gasteiger partial charge in [-0.05, 0) is 31.4 Å². The van der Waals surface area contributed by atoms with Crippen LogP contribution in [0.4, 0.5) is 11.4 Å². The topological polar surface area (TPSA) is 75.5 Å². The molecule has 0 saturated heterocycles. The quantitative estimate of drug-likeness (QED) is 0.645. The van der Waals surface area contributed by atoms with E-state index in [9.17, 15) is 14.9 Å². The molecule has 0 aliphatic rings. The molecule has 1 N–H and O–H groups in total. The minimum atomic E-state index is -0.514. The van der Waals surface area contributed by atoms with E-state index in [1.165, 1.54) is 6.07 Å². The molecule has 1 atom stereocenters. The molecule has 0 fully saturated rings. The average Bonchev–Trinajstić information content (AvgIpc) is 2.43. The van der Waals surface area contributed by atoms with Crippen molar-refractivity contribution >= 4 is 17.3 Å². The van der Waals surface area contributed by atoms with Gasteiger partial charge >= 0.3 is 5.69 Å². The number of nitrogens with zero attached hydrogens (tertiary/aromatic N) is 2. The van der Waals surface area contributed by atoms with E-state index in [2.05, 4.69) is 19.2 Å². The number of anilines is 1. The Kier molecular flexibility index (Phi) is 5.69. The van der Waals surface area contributed by atoms with Crippen molar-refractivity contribution in [1.29, 1.82) is 0 Å². The third kappa shape index (κ3) is 3.93. The van der Waals surface area contributed by atoms with Gasteiger partial charge in [-0.25, -0.2) is 0 Å². The lowest BCUT2D eigenvalue weighted by Crippen LogP contribution is -2.36. The lowest BCUT2D eigenvalue weighted by atomic mass is 10.0. The van der Waals surface area contributed by atoms with Crippen LogP contribution in [0.1, 0.15) is 37.6 Å². The van der Waals surface area contributed by atoms with E-state index in [1.54, 1.807) is 31.1 Å². The van der Waals surface area contributed by atoms with Gasteiger partial charge in [0.05, 0.1) is 4.92 Å². The van der Waals surface area contributed by atoms with Crippen LogP contribution in [0.15, 0.2) is 18.2 Å². The van der Waals surface area contributed by atoms with Crippen LogP contribution in [0, 0.1) is 16.0 Å². The average molecular weight is 293 g/mol. The zero-order valence-electron chi connectivity index (χ0n) is 13.2. The summed E-state index contributed by atoms with van der Waals surface area (Å²) in [5, 5.41) is 14.0. The zero-order valence-corrected chi connectivity index (χ0v) is 13.2. The molecule has 6 heteroatoms. The number of amides is 1. The standard InChI is InChI=1S/C15H23N3O3/c1-10(2)9-11(3)17(5)15(19)12-7-6-8-13(16-4)14(12)18(20)21/h6-8,10-11,16H,9H2,1-5H3. The number of benzene rings is 1. The molecule has 0 bridgehead atoms. The van der Waals surface area contributed by atoms with Crippen molar-refractivity contribution in [1.82, 2.24) is 4.90 Å². The van der Waals surface area contributed by atoms with Crippen LogP contribution in [-0.4, -0.2) is 35.9 Å². The smallest absolute Gasteiger partial charge is 0.305 e. The Morgan fingerprint density at radius 3 is 2.48 bits per heavy atom. The SMILES string of the molecule is CNc1cccc(C(=O)N(C)C(C)CC(C)C)c1[N+](=O)[O-]. The van der Waals surface area contributed by atoms with Crippen LogP contribution < -0.4 is 5.32 Å². The largest absolute Gasteiger partial charge is 0.383 e. The maximum atomic E-state index is 12.6. The highest BCUT2D eigenvalue weighted by molar-refractivity contribution is 6.00. The molecule has 0 heterocycles. The van der Waals surface area contributed by atoms with Crippen LogP contribution in [0.2, 0.25) is 0 Å². The van der Waals surface area contributed by atoms with E-state index >= 15 is 0 Å². The maximum Gasteiger partial charge on any atom is 0.305 e. The Balaban J connectivity index is 3.15. The van der Waals surface area contributed by atoms with Crippen molar-refractivity contribution in [2.45, 2.75) is 33.2 Å². The molecule has 0 spiro atoms. The van der Waals surface area contributed by atoms with Gasteiger partial charge < -0.3 is 10.2 Å². The molecule has 1 amide bonds. The van der Waals surface area contributed by atoms with Crippen molar-refractivity contribution in [2.75, 3.05) is 19.4 Å². The normalized spacial score (nSPS) is 12.1. The number of hydrogen-bond donors (Lipinski definition) is 1. The summed E-state index contributed by atoms with van der Waals surface area (Å²) in [6, 6.07) is 4.76. The third-order valence-electron chi connectivity index (χ3n) is 3.51. The predicted octanol–water partition coefficient (Wildman–Crippen LogP) is 3.14. The zero-order chi connectivity index (χ0) is 16.2. The molecule has 0 saturated carbocycles. The van der Waals surface area contributed by atoms with Gasteiger partial charge in [0.1, 0.15) is 11.3 Å².